The van der Waals surface area contributed by atoms with Crippen LogP contribution in [0, 0.1) is 0 Å². The van der Waals surface area contributed by atoms with Gasteiger partial charge in [-0.05, 0) is 25.0 Å². The zero-order valence-corrected chi connectivity index (χ0v) is 11.4. The Kier molecular flexibility index (Phi) is 10.8. The minimum absolute atomic E-state index is 0.266. The Balaban J connectivity index is 3.82. The van der Waals surface area contributed by atoms with Gasteiger partial charge in [-0.3, -0.25) is 4.79 Å². The largest absolute Gasteiger partial charge is 0.365 e. The van der Waals surface area contributed by atoms with Crippen molar-refractivity contribution in [3.05, 3.63) is 11.0 Å². The van der Waals surface area contributed by atoms with E-state index in [4.69, 9.17) is 5.73 Å². The summed E-state index contributed by atoms with van der Waals surface area (Å²) in [4.78, 5) is 11.9. The van der Waals surface area contributed by atoms with Gasteiger partial charge in [0.25, 0.3) is 5.91 Å². The molecule has 16 heavy (non-hydrogen) atoms. The normalized spacial score (nSPS) is 11.8. The lowest BCUT2D eigenvalue weighted by molar-refractivity contribution is -0.113. The molecule has 0 aromatic rings. The first-order valence-corrected chi connectivity index (χ1v) is 7.33. The van der Waals surface area contributed by atoms with Crippen LogP contribution < -0.4 is 5.73 Å². The summed E-state index contributed by atoms with van der Waals surface area (Å²) in [5.74, 6) is 0.745. The summed E-state index contributed by atoms with van der Waals surface area (Å²) >= 11 is 1.61. The number of thioether (sulfide) groups is 1. The Morgan fingerprint density at radius 2 is 1.75 bits per heavy atom. The molecule has 0 spiro atoms. The van der Waals surface area contributed by atoms with Crippen LogP contribution in [0.2, 0.25) is 0 Å². The minimum Gasteiger partial charge on any atom is -0.365 e. The summed E-state index contributed by atoms with van der Waals surface area (Å²) in [5, 5.41) is 0. The molecule has 0 aromatic heterocycles. The minimum atomic E-state index is -0.266. The van der Waals surface area contributed by atoms with Gasteiger partial charge >= 0.3 is 0 Å². The van der Waals surface area contributed by atoms with Gasteiger partial charge in [-0.2, -0.15) is 0 Å². The number of primary amides is 1. The molecule has 0 aliphatic heterocycles. The van der Waals surface area contributed by atoms with Crippen LogP contribution in [0.3, 0.4) is 0 Å². The molecule has 0 fully saturated rings. The molecule has 0 rings (SSSR count). The lowest BCUT2D eigenvalue weighted by Gasteiger charge is -2.03. The van der Waals surface area contributed by atoms with Gasteiger partial charge in [-0.15, -0.1) is 11.8 Å². The zero-order valence-electron chi connectivity index (χ0n) is 10.6. The van der Waals surface area contributed by atoms with E-state index in [9.17, 15) is 4.79 Å². The number of unbranched alkanes of at least 4 members (excludes halogenated alkanes) is 5. The van der Waals surface area contributed by atoms with Gasteiger partial charge in [-0.1, -0.05) is 45.6 Å². The summed E-state index contributed by atoms with van der Waals surface area (Å²) in [6.07, 6.45) is 10.2. The van der Waals surface area contributed by atoms with E-state index in [1.54, 1.807) is 11.8 Å². The van der Waals surface area contributed by atoms with E-state index in [1.807, 2.05) is 6.08 Å². The summed E-state index contributed by atoms with van der Waals surface area (Å²) in [6.45, 7) is 4.36. The maximum absolute atomic E-state index is 11.2. The average molecular weight is 243 g/mol. The fourth-order valence-corrected chi connectivity index (χ4v) is 2.34. The molecule has 0 heterocycles. The van der Waals surface area contributed by atoms with Crippen molar-refractivity contribution < 1.29 is 4.79 Å². The first-order chi connectivity index (χ1) is 7.72. The SMILES string of the molecule is CCCCC/C=C(\SCCCCC)C(N)=O. The third kappa shape index (κ3) is 8.84. The van der Waals surface area contributed by atoms with Crippen molar-refractivity contribution in [1.82, 2.24) is 0 Å². The first kappa shape index (κ1) is 15.6. The van der Waals surface area contributed by atoms with Crippen molar-refractivity contribution in [2.24, 2.45) is 5.73 Å². The molecular weight excluding hydrogens is 218 g/mol. The van der Waals surface area contributed by atoms with E-state index < -0.39 is 0 Å². The highest BCUT2D eigenvalue weighted by Crippen LogP contribution is 2.18. The third-order valence-corrected chi connectivity index (χ3v) is 3.56. The van der Waals surface area contributed by atoms with Gasteiger partial charge < -0.3 is 5.73 Å². The van der Waals surface area contributed by atoms with Crippen molar-refractivity contribution >= 4 is 17.7 Å². The van der Waals surface area contributed by atoms with Crippen LogP contribution >= 0.6 is 11.8 Å². The lowest BCUT2D eigenvalue weighted by atomic mass is 10.2. The van der Waals surface area contributed by atoms with Crippen LogP contribution in [-0.2, 0) is 4.79 Å². The van der Waals surface area contributed by atoms with Gasteiger partial charge in [0.2, 0.25) is 0 Å². The van der Waals surface area contributed by atoms with Crippen LogP contribution in [0.4, 0.5) is 0 Å². The molecule has 3 heteroatoms. The average Bonchev–Trinajstić information content (AvgIpc) is 2.26. The summed E-state index contributed by atoms with van der Waals surface area (Å²) < 4.78 is 0. The van der Waals surface area contributed by atoms with Crippen LogP contribution in [0.5, 0.6) is 0 Å². The monoisotopic (exact) mass is 243 g/mol. The second-order valence-electron chi connectivity index (χ2n) is 3.98. The second-order valence-corrected chi connectivity index (χ2v) is 5.12. The fraction of sp³-hybridized carbons (Fsp3) is 0.769. The van der Waals surface area contributed by atoms with E-state index in [-0.39, 0.29) is 5.91 Å². The number of hydrogen-bond acceptors (Lipinski definition) is 2. The van der Waals surface area contributed by atoms with Gasteiger partial charge in [0.15, 0.2) is 0 Å². The van der Waals surface area contributed by atoms with Crippen LogP contribution in [-0.4, -0.2) is 11.7 Å². The van der Waals surface area contributed by atoms with Crippen molar-refractivity contribution in [3.63, 3.8) is 0 Å². The summed E-state index contributed by atoms with van der Waals surface area (Å²) in [7, 11) is 0. The number of nitrogens with two attached hydrogens (primary N) is 1. The van der Waals surface area contributed by atoms with Crippen LogP contribution in [0.1, 0.15) is 58.8 Å². The summed E-state index contributed by atoms with van der Waals surface area (Å²) in [6, 6.07) is 0. The number of carbonyl (C=O) groups is 1. The molecule has 0 bridgehead atoms. The smallest absolute Gasteiger partial charge is 0.254 e. The van der Waals surface area contributed by atoms with Gasteiger partial charge in [0.1, 0.15) is 0 Å². The van der Waals surface area contributed by atoms with Crippen molar-refractivity contribution in [3.8, 4) is 0 Å². The molecule has 2 nitrogen and oxygen atoms in total. The Morgan fingerprint density at radius 3 is 2.31 bits per heavy atom. The summed E-state index contributed by atoms with van der Waals surface area (Å²) in [5.41, 5.74) is 5.34. The van der Waals surface area contributed by atoms with Gasteiger partial charge in [0, 0.05) is 0 Å². The molecule has 0 aliphatic rings. The Bertz CT molecular complexity index is 214. The molecule has 2 N–H and O–H groups in total. The van der Waals surface area contributed by atoms with Crippen LogP contribution in [0.15, 0.2) is 11.0 Å². The maximum Gasteiger partial charge on any atom is 0.254 e. The highest BCUT2D eigenvalue weighted by atomic mass is 32.2. The van der Waals surface area contributed by atoms with Crippen molar-refractivity contribution in [2.75, 3.05) is 5.75 Å². The number of hydrogen-bond donors (Lipinski definition) is 1. The van der Waals surface area contributed by atoms with Crippen molar-refractivity contribution in [2.45, 2.75) is 58.8 Å². The number of amides is 1. The highest BCUT2D eigenvalue weighted by Gasteiger charge is 2.04. The molecule has 94 valence electrons. The van der Waals surface area contributed by atoms with E-state index in [0.29, 0.717) is 0 Å². The topological polar surface area (TPSA) is 43.1 Å². The standard InChI is InChI=1S/C13H25NOS/c1-3-5-7-8-10-12(13(14)15)16-11-9-6-4-2/h10H,3-9,11H2,1-2H3,(H2,14,15)/b12-10-. The second kappa shape index (κ2) is 11.1. The molecule has 0 aromatic carbocycles. The number of rotatable bonds is 10. The molecule has 0 unspecified atom stereocenters. The highest BCUT2D eigenvalue weighted by molar-refractivity contribution is 8.03. The Morgan fingerprint density at radius 1 is 1.12 bits per heavy atom. The molecule has 0 saturated carbocycles. The van der Waals surface area contributed by atoms with Crippen LogP contribution in [0.25, 0.3) is 0 Å². The molecule has 0 radical (unpaired) electrons. The molecule has 0 saturated heterocycles. The molecule has 0 aliphatic carbocycles. The fourth-order valence-electron chi connectivity index (χ4n) is 1.39. The molecular formula is C13H25NOS. The Hall–Kier alpha value is -0.440. The van der Waals surface area contributed by atoms with Gasteiger partial charge in [-0.25, -0.2) is 0 Å². The van der Waals surface area contributed by atoms with E-state index >= 15 is 0 Å². The van der Waals surface area contributed by atoms with E-state index in [0.717, 1.165) is 23.5 Å². The van der Waals surface area contributed by atoms with Crippen molar-refractivity contribution in [1.29, 1.82) is 0 Å². The third-order valence-electron chi connectivity index (χ3n) is 2.39. The molecule has 1 amide bonds. The quantitative estimate of drug-likeness (QED) is 0.467. The maximum atomic E-state index is 11.2. The molecule has 0 atom stereocenters. The number of allylic oxidation sites excluding steroid dienone is 1. The van der Waals surface area contributed by atoms with E-state index in [2.05, 4.69) is 13.8 Å². The number of carbonyl (C=O) groups excluding carboxylic acids is 1. The Labute approximate surface area is 104 Å². The predicted octanol–water partition coefficient (Wildman–Crippen LogP) is 3.86. The predicted molar refractivity (Wildman–Crippen MR) is 73.4 cm³/mol. The zero-order chi connectivity index (χ0) is 12.2. The first-order valence-electron chi connectivity index (χ1n) is 6.35. The van der Waals surface area contributed by atoms with E-state index in [1.165, 1.54) is 32.1 Å². The van der Waals surface area contributed by atoms with Gasteiger partial charge in [0.05, 0.1) is 4.91 Å². The lowest BCUT2D eigenvalue weighted by Crippen LogP contribution is -2.12.